The molecule has 0 radical (unpaired) electrons. The Hall–Kier alpha value is -1.85. The van der Waals surface area contributed by atoms with Crippen LogP contribution < -0.4 is 10.6 Å². The number of benzene rings is 1. The van der Waals surface area contributed by atoms with Gasteiger partial charge in [-0.1, -0.05) is 24.3 Å². The number of thiophene rings is 1. The number of aryl methyl sites for hydroxylation is 1. The van der Waals surface area contributed by atoms with Crippen LogP contribution >= 0.6 is 11.3 Å². The summed E-state index contributed by atoms with van der Waals surface area (Å²) in [6.07, 6.45) is 0.929. The van der Waals surface area contributed by atoms with E-state index in [4.69, 9.17) is 4.74 Å². The molecule has 0 bridgehead atoms. The molecule has 1 aliphatic rings. The first-order valence-corrected chi connectivity index (χ1v) is 7.83. The van der Waals surface area contributed by atoms with Gasteiger partial charge in [-0.25, -0.2) is 4.79 Å². The van der Waals surface area contributed by atoms with Gasteiger partial charge in [0, 0.05) is 11.4 Å². The fourth-order valence-corrected chi connectivity index (χ4v) is 3.39. The number of urea groups is 1. The summed E-state index contributed by atoms with van der Waals surface area (Å²) in [7, 11) is 0. The monoisotopic (exact) mass is 302 g/mol. The van der Waals surface area contributed by atoms with Gasteiger partial charge in [0.1, 0.15) is 0 Å². The van der Waals surface area contributed by atoms with Crippen molar-refractivity contribution in [1.29, 1.82) is 0 Å². The van der Waals surface area contributed by atoms with Crippen molar-refractivity contribution in [2.45, 2.75) is 26.5 Å². The molecule has 2 N–H and O–H groups in total. The Morgan fingerprint density at radius 3 is 3.05 bits per heavy atom. The second-order valence-corrected chi connectivity index (χ2v) is 6.23. The van der Waals surface area contributed by atoms with Crippen molar-refractivity contribution in [3.8, 4) is 0 Å². The highest BCUT2D eigenvalue weighted by Crippen LogP contribution is 2.30. The van der Waals surface area contributed by atoms with Gasteiger partial charge >= 0.3 is 6.03 Å². The number of nitrogens with one attached hydrogen (secondary N) is 2. The quantitative estimate of drug-likeness (QED) is 0.912. The van der Waals surface area contributed by atoms with E-state index < -0.39 is 0 Å². The van der Waals surface area contributed by atoms with Crippen LogP contribution in [0.25, 0.3) is 0 Å². The van der Waals surface area contributed by atoms with Gasteiger partial charge < -0.3 is 10.1 Å². The second kappa shape index (κ2) is 6.28. The van der Waals surface area contributed by atoms with Gasteiger partial charge in [-0.3, -0.25) is 5.32 Å². The molecule has 110 valence electrons. The van der Waals surface area contributed by atoms with Crippen LogP contribution in [0.3, 0.4) is 0 Å². The highest BCUT2D eigenvalue weighted by molar-refractivity contribution is 7.16. The Bertz CT molecular complexity index is 628. The SMILES string of the molecule is Cc1ccccc1CNC(=O)Nc1cc2c(s1)COCC2. The maximum absolute atomic E-state index is 12.0. The molecule has 3 rings (SSSR count). The summed E-state index contributed by atoms with van der Waals surface area (Å²) in [5.74, 6) is 0. The van der Waals surface area contributed by atoms with Gasteiger partial charge in [0.05, 0.1) is 18.2 Å². The van der Waals surface area contributed by atoms with Crippen LogP contribution in [0.4, 0.5) is 9.80 Å². The van der Waals surface area contributed by atoms with Gasteiger partial charge in [-0.05, 0) is 36.1 Å². The molecule has 1 aromatic heterocycles. The lowest BCUT2D eigenvalue weighted by molar-refractivity contribution is 0.113. The Morgan fingerprint density at radius 1 is 1.38 bits per heavy atom. The fraction of sp³-hybridized carbons (Fsp3) is 0.312. The smallest absolute Gasteiger partial charge is 0.320 e. The fourth-order valence-electron chi connectivity index (χ4n) is 2.35. The van der Waals surface area contributed by atoms with E-state index in [0.717, 1.165) is 23.6 Å². The first-order valence-electron chi connectivity index (χ1n) is 7.01. The van der Waals surface area contributed by atoms with E-state index in [2.05, 4.69) is 16.7 Å². The van der Waals surface area contributed by atoms with E-state index in [1.54, 1.807) is 11.3 Å². The average molecular weight is 302 g/mol. The number of amides is 2. The molecule has 0 atom stereocenters. The first kappa shape index (κ1) is 14.1. The molecule has 1 aromatic carbocycles. The molecular weight excluding hydrogens is 284 g/mol. The van der Waals surface area contributed by atoms with E-state index in [0.29, 0.717) is 13.2 Å². The topological polar surface area (TPSA) is 50.4 Å². The number of ether oxygens (including phenoxy) is 1. The predicted molar refractivity (Wildman–Crippen MR) is 84.7 cm³/mol. The number of hydrogen-bond acceptors (Lipinski definition) is 3. The number of hydrogen-bond donors (Lipinski definition) is 2. The van der Waals surface area contributed by atoms with E-state index in [1.165, 1.54) is 16.0 Å². The first-order chi connectivity index (χ1) is 10.2. The third-order valence-corrected chi connectivity index (χ3v) is 4.65. The maximum Gasteiger partial charge on any atom is 0.320 e. The third kappa shape index (κ3) is 3.43. The Morgan fingerprint density at radius 2 is 2.24 bits per heavy atom. The predicted octanol–water partition coefficient (Wildman–Crippen LogP) is 3.45. The molecule has 0 aliphatic carbocycles. The summed E-state index contributed by atoms with van der Waals surface area (Å²) < 4.78 is 5.41. The van der Waals surface area contributed by atoms with Crippen molar-refractivity contribution in [3.05, 3.63) is 51.9 Å². The zero-order valence-electron chi connectivity index (χ0n) is 11.9. The molecular formula is C16H18N2O2S. The van der Waals surface area contributed by atoms with E-state index >= 15 is 0 Å². The molecule has 21 heavy (non-hydrogen) atoms. The minimum Gasteiger partial charge on any atom is -0.376 e. The van der Waals surface area contributed by atoms with Crippen LogP contribution in [0, 0.1) is 6.92 Å². The molecule has 2 aromatic rings. The van der Waals surface area contributed by atoms with Crippen molar-refractivity contribution in [1.82, 2.24) is 5.32 Å². The second-order valence-electron chi connectivity index (χ2n) is 5.10. The average Bonchev–Trinajstić information content (AvgIpc) is 2.88. The summed E-state index contributed by atoms with van der Waals surface area (Å²) >= 11 is 1.59. The van der Waals surface area contributed by atoms with Gasteiger partial charge in [0.2, 0.25) is 0 Å². The summed E-state index contributed by atoms with van der Waals surface area (Å²) in [6.45, 7) is 4.00. The van der Waals surface area contributed by atoms with Crippen LogP contribution in [0.1, 0.15) is 21.6 Å². The molecule has 0 unspecified atom stereocenters. The maximum atomic E-state index is 12.0. The van der Waals surface area contributed by atoms with Crippen LogP contribution in [0.15, 0.2) is 30.3 Å². The highest BCUT2D eigenvalue weighted by atomic mass is 32.1. The van der Waals surface area contributed by atoms with Crippen LogP contribution in [0.5, 0.6) is 0 Å². The van der Waals surface area contributed by atoms with Gasteiger partial charge in [-0.2, -0.15) is 0 Å². The lowest BCUT2D eigenvalue weighted by Crippen LogP contribution is -2.28. The molecule has 0 saturated heterocycles. The normalized spacial score (nSPS) is 13.6. The van der Waals surface area contributed by atoms with E-state index in [9.17, 15) is 4.79 Å². The molecule has 2 amide bonds. The Balaban J connectivity index is 1.57. The molecule has 0 saturated carbocycles. The summed E-state index contributed by atoms with van der Waals surface area (Å²) in [6, 6.07) is 9.93. The van der Waals surface area contributed by atoms with Crippen molar-refractivity contribution in [2.75, 3.05) is 11.9 Å². The lowest BCUT2D eigenvalue weighted by atomic mass is 10.1. The van der Waals surface area contributed by atoms with Crippen molar-refractivity contribution >= 4 is 22.4 Å². The van der Waals surface area contributed by atoms with Crippen molar-refractivity contribution < 1.29 is 9.53 Å². The van der Waals surface area contributed by atoms with Crippen LogP contribution in [-0.4, -0.2) is 12.6 Å². The van der Waals surface area contributed by atoms with E-state index in [-0.39, 0.29) is 6.03 Å². The zero-order valence-corrected chi connectivity index (χ0v) is 12.8. The largest absolute Gasteiger partial charge is 0.376 e. The molecule has 5 heteroatoms. The molecule has 4 nitrogen and oxygen atoms in total. The van der Waals surface area contributed by atoms with E-state index in [1.807, 2.05) is 31.2 Å². The third-order valence-electron chi connectivity index (χ3n) is 3.58. The number of carbonyl (C=O) groups is 1. The molecule has 2 heterocycles. The number of anilines is 1. The Labute approximate surface area is 128 Å². The minimum absolute atomic E-state index is 0.169. The summed E-state index contributed by atoms with van der Waals surface area (Å²) in [5, 5.41) is 6.68. The highest BCUT2D eigenvalue weighted by Gasteiger charge is 2.14. The summed E-state index contributed by atoms with van der Waals surface area (Å²) in [5.41, 5.74) is 3.61. The Kier molecular flexibility index (Phi) is 4.22. The van der Waals surface area contributed by atoms with Gasteiger partial charge in [-0.15, -0.1) is 11.3 Å². The van der Waals surface area contributed by atoms with Gasteiger partial charge in [0.25, 0.3) is 0 Å². The molecule has 0 spiro atoms. The molecule has 0 fully saturated rings. The minimum atomic E-state index is -0.169. The summed E-state index contributed by atoms with van der Waals surface area (Å²) in [4.78, 5) is 13.2. The van der Waals surface area contributed by atoms with Crippen LogP contribution in [-0.2, 0) is 24.3 Å². The van der Waals surface area contributed by atoms with Crippen LogP contribution in [0.2, 0.25) is 0 Å². The van der Waals surface area contributed by atoms with Gasteiger partial charge in [0.15, 0.2) is 0 Å². The molecule has 1 aliphatic heterocycles. The standard InChI is InChI=1S/C16H18N2O2S/c1-11-4-2-3-5-13(11)9-17-16(19)18-15-8-12-6-7-20-10-14(12)21-15/h2-5,8H,6-7,9-10H2,1H3,(H2,17,18,19). The number of fused-ring (bicyclic) bond motifs is 1. The lowest BCUT2D eigenvalue weighted by Gasteiger charge is -2.10. The van der Waals surface area contributed by atoms with Crippen molar-refractivity contribution in [3.63, 3.8) is 0 Å². The zero-order chi connectivity index (χ0) is 14.7. The number of carbonyl (C=O) groups excluding carboxylic acids is 1. The van der Waals surface area contributed by atoms with Crippen molar-refractivity contribution in [2.24, 2.45) is 0 Å². The number of rotatable bonds is 3.